The first-order chi connectivity index (χ1) is 21.5. The second-order valence-electron chi connectivity index (χ2n) is 13.6. The zero-order chi connectivity index (χ0) is 32.6. The molecule has 8 nitrogen and oxygen atoms in total. The number of aliphatic hydroxyl groups excluding tert-OH is 1. The van der Waals surface area contributed by atoms with Gasteiger partial charge in [-0.2, -0.15) is 0 Å². The molecule has 3 fully saturated rings. The highest BCUT2D eigenvalue weighted by atomic mass is 16.5. The van der Waals surface area contributed by atoms with Crippen LogP contribution in [0.25, 0.3) is 0 Å². The Kier molecular flexibility index (Phi) is 9.11. The topological polar surface area (TPSA) is 90.4 Å². The van der Waals surface area contributed by atoms with E-state index in [-0.39, 0.29) is 30.9 Å². The lowest BCUT2D eigenvalue weighted by Gasteiger charge is -2.43. The van der Waals surface area contributed by atoms with E-state index in [1.807, 2.05) is 88.4 Å². The molecule has 1 N–H and O–H groups in total. The molecular formula is C37H47N3O5. The Labute approximate surface area is 267 Å². The van der Waals surface area contributed by atoms with E-state index in [0.717, 1.165) is 5.56 Å². The van der Waals surface area contributed by atoms with Crippen molar-refractivity contribution in [2.24, 2.45) is 11.8 Å². The minimum atomic E-state index is -1.22. The largest absolute Gasteiger partial charge is 0.394 e. The van der Waals surface area contributed by atoms with Crippen molar-refractivity contribution in [1.82, 2.24) is 14.7 Å². The van der Waals surface area contributed by atoms with Gasteiger partial charge in [-0.15, -0.1) is 13.2 Å². The molecule has 5 rings (SSSR count). The van der Waals surface area contributed by atoms with Crippen LogP contribution in [0, 0.1) is 11.8 Å². The molecule has 6 atom stereocenters. The van der Waals surface area contributed by atoms with Crippen LogP contribution >= 0.6 is 0 Å². The molecule has 2 aromatic carbocycles. The maximum absolute atomic E-state index is 15.0. The molecule has 3 amide bonds. The number of hydrogen-bond acceptors (Lipinski definition) is 5. The van der Waals surface area contributed by atoms with Crippen molar-refractivity contribution in [3.63, 3.8) is 0 Å². The molecule has 2 unspecified atom stereocenters. The van der Waals surface area contributed by atoms with E-state index in [2.05, 4.69) is 13.2 Å². The van der Waals surface area contributed by atoms with E-state index >= 15 is 0 Å². The Hall–Kier alpha value is -3.75. The number of rotatable bonds is 12. The van der Waals surface area contributed by atoms with Crippen molar-refractivity contribution in [2.75, 3.05) is 19.7 Å². The fourth-order valence-electron chi connectivity index (χ4n) is 8.04. The quantitative estimate of drug-likeness (QED) is 0.344. The number of benzene rings is 2. The number of carbonyl (C=O) groups excluding carboxylic acids is 3. The van der Waals surface area contributed by atoms with Crippen molar-refractivity contribution in [3.8, 4) is 0 Å². The molecule has 0 aliphatic carbocycles. The van der Waals surface area contributed by atoms with Crippen LogP contribution in [0.15, 0.2) is 86.0 Å². The highest BCUT2D eigenvalue weighted by molar-refractivity contribution is 5.99. The second kappa shape index (κ2) is 12.6. The van der Waals surface area contributed by atoms with Crippen LogP contribution in [0.4, 0.5) is 0 Å². The number of amides is 3. The van der Waals surface area contributed by atoms with Gasteiger partial charge in [-0.1, -0.05) is 79.7 Å². The van der Waals surface area contributed by atoms with Gasteiger partial charge in [0.05, 0.1) is 30.1 Å². The van der Waals surface area contributed by atoms with Crippen molar-refractivity contribution in [1.29, 1.82) is 0 Å². The van der Waals surface area contributed by atoms with Gasteiger partial charge in [0.25, 0.3) is 0 Å². The van der Waals surface area contributed by atoms with E-state index < -0.39 is 40.7 Å². The van der Waals surface area contributed by atoms with Gasteiger partial charge in [0.15, 0.2) is 0 Å². The molecule has 0 saturated carbocycles. The summed E-state index contributed by atoms with van der Waals surface area (Å²) in [7, 11) is 0. The van der Waals surface area contributed by atoms with Crippen LogP contribution in [0.5, 0.6) is 0 Å². The lowest BCUT2D eigenvalue weighted by Crippen LogP contribution is -2.60. The maximum atomic E-state index is 15.0. The van der Waals surface area contributed by atoms with Crippen LogP contribution < -0.4 is 0 Å². The normalized spacial score (nSPS) is 27.6. The second-order valence-corrected chi connectivity index (χ2v) is 13.6. The first kappa shape index (κ1) is 32.6. The SMILES string of the molecule is C=CCN(Cc1ccccc1)C(=O)[C@@H]1[C@H]2C(=O)N([C@H](CO)c3ccccc3)C(C(=O)N(CC=C)C(C)(C)C)C23CC[C@@]1(CC)O3. The van der Waals surface area contributed by atoms with E-state index in [4.69, 9.17) is 4.74 Å². The maximum Gasteiger partial charge on any atom is 0.249 e. The first-order valence-corrected chi connectivity index (χ1v) is 16.0. The summed E-state index contributed by atoms with van der Waals surface area (Å²) < 4.78 is 7.05. The summed E-state index contributed by atoms with van der Waals surface area (Å²) in [6, 6.07) is 17.2. The average molecular weight is 614 g/mol. The summed E-state index contributed by atoms with van der Waals surface area (Å²) in [5.41, 5.74) is -0.997. The van der Waals surface area contributed by atoms with Gasteiger partial charge in [-0.25, -0.2) is 0 Å². The third-order valence-electron chi connectivity index (χ3n) is 10.1. The zero-order valence-electron chi connectivity index (χ0n) is 27.0. The average Bonchev–Trinajstić information content (AvgIpc) is 3.64. The Morgan fingerprint density at radius 3 is 2.20 bits per heavy atom. The van der Waals surface area contributed by atoms with E-state index in [1.165, 1.54) is 0 Å². The molecule has 3 saturated heterocycles. The molecule has 3 heterocycles. The van der Waals surface area contributed by atoms with Crippen molar-refractivity contribution in [2.45, 2.75) is 82.3 Å². The van der Waals surface area contributed by atoms with E-state index in [0.29, 0.717) is 37.9 Å². The molecule has 3 aliphatic rings. The van der Waals surface area contributed by atoms with Crippen molar-refractivity contribution < 1.29 is 24.2 Å². The summed E-state index contributed by atoms with van der Waals surface area (Å²) in [6.07, 6.45) is 4.93. The lowest BCUT2D eigenvalue weighted by atomic mass is 9.64. The molecule has 2 bridgehead atoms. The van der Waals surface area contributed by atoms with Crippen LogP contribution in [0.3, 0.4) is 0 Å². The Balaban J connectivity index is 1.65. The van der Waals surface area contributed by atoms with Gasteiger partial charge in [-0.05, 0) is 51.2 Å². The van der Waals surface area contributed by atoms with Gasteiger partial charge >= 0.3 is 0 Å². The first-order valence-electron chi connectivity index (χ1n) is 16.0. The number of fused-ring (bicyclic) bond motifs is 1. The fraction of sp³-hybridized carbons (Fsp3) is 0.486. The van der Waals surface area contributed by atoms with Gasteiger partial charge in [-0.3, -0.25) is 14.4 Å². The minimum Gasteiger partial charge on any atom is -0.394 e. The van der Waals surface area contributed by atoms with E-state index in [9.17, 15) is 19.5 Å². The van der Waals surface area contributed by atoms with Crippen LogP contribution in [0.1, 0.15) is 64.1 Å². The van der Waals surface area contributed by atoms with Crippen molar-refractivity contribution in [3.05, 3.63) is 97.1 Å². The number of likely N-dealkylation sites (tertiary alicyclic amines) is 1. The summed E-state index contributed by atoms with van der Waals surface area (Å²) >= 11 is 0. The van der Waals surface area contributed by atoms with Gasteiger partial charge in [0.1, 0.15) is 11.6 Å². The van der Waals surface area contributed by atoms with E-state index in [1.54, 1.807) is 26.9 Å². The number of ether oxygens (including phenoxy) is 1. The molecule has 8 heteroatoms. The Morgan fingerprint density at radius 2 is 1.64 bits per heavy atom. The summed E-state index contributed by atoms with van der Waals surface area (Å²) in [5.74, 6) is -2.42. The predicted molar refractivity (Wildman–Crippen MR) is 174 cm³/mol. The van der Waals surface area contributed by atoms with Gasteiger partial charge in [0, 0.05) is 25.2 Å². The van der Waals surface area contributed by atoms with Crippen LogP contribution in [-0.2, 0) is 25.7 Å². The Morgan fingerprint density at radius 1 is 1.02 bits per heavy atom. The third-order valence-corrected chi connectivity index (χ3v) is 10.1. The molecule has 0 radical (unpaired) electrons. The number of aliphatic hydroxyl groups is 1. The van der Waals surface area contributed by atoms with Crippen LogP contribution in [0.2, 0.25) is 0 Å². The summed E-state index contributed by atoms with van der Waals surface area (Å²) in [5, 5.41) is 10.8. The summed E-state index contributed by atoms with van der Waals surface area (Å²) in [6.45, 7) is 16.2. The molecule has 45 heavy (non-hydrogen) atoms. The summed E-state index contributed by atoms with van der Waals surface area (Å²) in [4.78, 5) is 49.6. The monoisotopic (exact) mass is 613 g/mol. The molecular weight excluding hydrogens is 566 g/mol. The molecule has 240 valence electrons. The number of nitrogens with zero attached hydrogens (tertiary/aromatic N) is 3. The fourth-order valence-corrected chi connectivity index (χ4v) is 8.04. The predicted octanol–water partition coefficient (Wildman–Crippen LogP) is 4.90. The Bertz CT molecular complexity index is 1420. The van der Waals surface area contributed by atoms with Gasteiger partial charge in [0.2, 0.25) is 17.7 Å². The zero-order valence-corrected chi connectivity index (χ0v) is 27.0. The van der Waals surface area contributed by atoms with Gasteiger partial charge < -0.3 is 24.5 Å². The van der Waals surface area contributed by atoms with Crippen molar-refractivity contribution >= 4 is 17.7 Å². The third kappa shape index (κ3) is 5.42. The number of hydrogen-bond donors (Lipinski definition) is 1. The lowest BCUT2D eigenvalue weighted by molar-refractivity contribution is -0.160. The number of carbonyl (C=O) groups is 3. The smallest absolute Gasteiger partial charge is 0.249 e. The highest BCUT2D eigenvalue weighted by Gasteiger charge is 2.79. The molecule has 3 aliphatic heterocycles. The minimum absolute atomic E-state index is 0.174. The highest BCUT2D eigenvalue weighted by Crippen LogP contribution is 2.65. The molecule has 1 spiro atoms. The van der Waals surface area contributed by atoms with Crippen LogP contribution in [-0.4, -0.2) is 80.0 Å². The molecule has 0 aromatic heterocycles. The molecule has 2 aromatic rings. The standard InChI is InChI=1S/C37H47N3O5/c1-7-22-38(24-26-16-12-10-13-17-26)32(42)29-30-33(43)40(28(25-41)27-18-14-11-15-19-27)31(34(44)39(23-8-2)35(4,5)6)37(30)21-20-36(29,9-3)45-37/h7-8,10-19,28-31,41H,1-2,9,20-25H2,3-6H3/t28-,29+,30+,31?,36-,37?/m1/s1.